The quantitative estimate of drug-likeness (QED) is 0.687. The van der Waals surface area contributed by atoms with E-state index in [9.17, 15) is 13.2 Å². The van der Waals surface area contributed by atoms with E-state index in [0.717, 1.165) is 16.1 Å². The van der Waals surface area contributed by atoms with Crippen LogP contribution < -0.4 is 4.90 Å². The fourth-order valence-corrected chi connectivity index (χ4v) is 4.97. The monoisotopic (exact) mass is 424 g/mol. The van der Waals surface area contributed by atoms with Gasteiger partial charge in [-0.2, -0.15) is 0 Å². The lowest BCUT2D eigenvalue weighted by Crippen LogP contribution is -2.35. The van der Waals surface area contributed by atoms with E-state index < -0.39 is 10.0 Å². The molecule has 1 amide bonds. The number of sulfonamides is 1. The van der Waals surface area contributed by atoms with E-state index in [4.69, 9.17) is 11.6 Å². The first-order valence-corrected chi connectivity index (χ1v) is 11.2. The third kappa shape index (κ3) is 4.16. The summed E-state index contributed by atoms with van der Waals surface area (Å²) in [7, 11) is -0.466. The van der Waals surface area contributed by atoms with Crippen LogP contribution in [0.1, 0.15) is 12.5 Å². The van der Waals surface area contributed by atoms with Crippen LogP contribution in [0.5, 0.6) is 0 Å². The molecule has 0 fully saturated rings. The highest BCUT2D eigenvalue weighted by atomic mass is 35.5. The molecule has 1 aliphatic heterocycles. The normalized spacial score (nSPS) is 15.1. The third-order valence-corrected chi connectivity index (χ3v) is 7.63. The molecule has 0 aromatic heterocycles. The van der Waals surface area contributed by atoms with Gasteiger partial charge in [0.15, 0.2) is 0 Å². The van der Waals surface area contributed by atoms with Crippen molar-refractivity contribution < 1.29 is 13.2 Å². The van der Waals surface area contributed by atoms with Crippen molar-refractivity contribution >= 4 is 45.0 Å². The van der Waals surface area contributed by atoms with Crippen molar-refractivity contribution in [3.63, 3.8) is 0 Å². The molecule has 1 heterocycles. The summed E-state index contributed by atoms with van der Waals surface area (Å²) in [4.78, 5) is 15.9. The van der Waals surface area contributed by atoms with Gasteiger partial charge in [0.05, 0.1) is 10.1 Å². The highest BCUT2D eigenvalue weighted by Crippen LogP contribution is 2.33. The van der Waals surface area contributed by atoms with Gasteiger partial charge in [0.25, 0.3) is 0 Å². The number of hydrogen-bond donors (Lipinski definition) is 0. The molecule has 2 aromatic rings. The number of rotatable bonds is 5. The van der Waals surface area contributed by atoms with Gasteiger partial charge in [0.2, 0.25) is 15.9 Å². The van der Waals surface area contributed by atoms with Crippen molar-refractivity contribution in [1.82, 2.24) is 4.31 Å². The molecular weight excluding hydrogens is 404 g/mol. The Kier molecular flexibility index (Phi) is 5.86. The van der Waals surface area contributed by atoms with E-state index >= 15 is 0 Å². The Morgan fingerprint density at radius 3 is 2.48 bits per heavy atom. The van der Waals surface area contributed by atoms with E-state index in [0.29, 0.717) is 18.0 Å². The number of anilines is 1. The fourth-order valence-electron chi connectivity index (χ4n) is 2.97. The average molecular weight is 425 g/mol. The number of benzene rings is 2. The minimum atomic E-state index is -3.48. The lowest BCUT2D eigenvalue weighted by atomic mass is 10.2. The van der Waals surface area contributed by atoms with Gasteiger partial charge in [0, 0.05) is 36.2 Å². The number of halogens is 1. The predicted molar refractivity (Wildman–Crippen MR) is 110 cm³/mol. The van der Waals surface area contributed by atoms with Crippen molar-refractivity contribution in [2.75, 3.05) is 25.5 Å². The Hall–Kier alpha value is -1.54. The number of nitrogens with zero attached hydrogens (tertiary/aromatic N) is 2. The van der Waals surface area contributed by atoms with Gasteiger partial charge in [-0.15, -0.1) is 11.8 Å². The zero-order valence-corrected chi connectivity index (χ0v) is 17.7. The third-order valence-electron chi connectivity index (χ3n) is 4.47. The van der Waals surface area contributed by atoms with Crippen molar-refractivity contribution in [1.29, 1.82) is 0 Å². The summed E-state index contributed by atoms with van der Waals surface area (Å²) in [6.07, 6.45) is 0.649. The molecule has 27 heavy (non-hydrogen) atoms. The van der Waals surface area contributed by atoms with Crippen molar-refractivity contribution in [2.45, 2.75) is 28.4 Å². The first-order chi connectivity index (χ1) is 12.7. The van der Waals surface area contributed by atoms with Crippen LogP contribution >= 0.6 is 23.4 Å². The lowest BCUT2D eigenvalue weighted by molar-refractivity contribution is -0.117. The molecule has 2 aromatic carbocycles. The number of carbonyl (C=O) groups excluding carboxylic acids is 1. The maximum Gasteiger partial charge on any atom is 0.242 e. The number of fused-ring (bicyclic) bond motifs is 1. The number of hydrogen-bond acceptors (Lipinski definition) is 4. The summed E-state index contributed by atoms with van der Waals surface area (Å²) in [5.41, 5.74) is 1.68. The molecule has 0 radical (unpaired) electrons. The Morgan fingerprint density at radius 2 is 1.85 bits per heavy atom. The molecule has 144 valence electrons. The molecule has 0 saturated carbocycles. The van der Waals surface area contributed by atoms with Crippen LogP contribution in [0.2, 0.25) is 5.02 Å². The second kappa shape index (κ2) is 7.83. The standard InChI is InChI=1S/C19H21ClN2O3S2/c1-13(26-16-6-4-15(20)5-7-16)19(23)22-11-10-14-12-17(8-9-18(14)22)27(24,25)21(2)3/h4-9,12-13H,10-11H2,1-3H3/t13-/m1/s1. The van der Waals surface area contributed by atoms with Crippen LogP contribution in [0.25, 0.3) is 0 Å². The van der Waals surface area contributed by atoms with Crippen LogP contribution in [0.15, 0.2) is 52.3 Å². The zero-order valence-electron chi connectivity index (χ0n) is 15.3. The minimum absolute atomic E-state index is 0.0110. The fraction of sp³-hybridized carbons (Fsp3) is 0.316. The second-order valence-corrected chi connectivity index (χ2v) is 10.5. The second-order valence-electron chi connectivity index (χ2n) is 6.53. The summed E-state index contributed by atoms with van der Waals surface area (Å²) in [5, 5.41) is 0.401. The molecule has 3 rings (SSSR count). The van der Waals surface area contributed by atoms with Gasteiger partial charge in [-0.25, -0.2) is 12.7 Å². The average Bonchev–Trinajstić information content (AvgIpc) is 3.06. The Balaban J connectivity index is 1.78. The van der Waals surface area contributed by atoms with E-state index in [-0.39, 0.29) is 16.1 Å². The van der Waals surface area contributed by atoms with Crippen LogP contribution in [-0.2, 0) is 21.2 Å². The van der Waals surface area contributed by atoms with Crippen LogP contribution in [0.3, 0.4) is 0 Å². The van der Waals surface area contributed by atoms with Crippen LogP contribution in [0, 0.1) is 0 Å². The van der Waals surface area contributed by atoms with Crippen LogP contribution in [0.4, 0.5) is 5.69 Å². The van der Waals surface area contributed by atoms with E-state index in [1.165, 1.54) is 30.2 Å². The highest BCUT2D eigenvalue weighted by Gasteiger charge is 2.30. The van der Waals surface area contributed by atoms with Gasteiger partial charge in [-0.05, 0) is 61.4 Å². The van der Waals surface area contributed by atoms with Gasteiger partial charge >= 0.3 is 0 Å². The summed E-state index contributed by atoms with van der Waals surface area (Å²) in [5.74, 6) is 0.0110. The minimum Gasteiger partial charge on any atom is -0.311 e. The Morgan fingerprint density at radius 1 is 1.19 bits per heavy atom. The first-order valence-electron chi connectivity index (χ1n) is 8.49. The molecule has 5 nitrogen and oxygen atoms in total. The van der Waals surface area contributed by atoms with Crippen molar-refractivity contribution in [3.05, 3.63) is 53.1 Å². The predicted octanol–water partition coefficient (Wildman–Crippen LogP) is 3.66. The van der Waals surface area contributed by atoms with Gasteiger partial charge in [-0.1, -0.05) is 11.6 Å². The number of thioether (sulfide) groups is 1. The molecule has 1 aliphatic rings. The SMILES string of the molecule is C[C@@H](Sc1ccc(Cl)cc1)C(=O)N1CCc2cc(S(=O)(=O)N(C)C)ccc21. The van der Waals surface area contributed by atoms with E-state index in [1.807, 2.05) is 19.1 Å². The summed E-state index contributed by atoms with van der Waals surface area (Å²) >= 11 is 7.39. The molecule has 8 heteroatoms. The largest absolute Gasteiger partial charge is 0.311 e. The van der Waals surface area contributed by atoms with E-state index in [1.54, 1.807) is 35.2 Å². The molecule has 0 aliphatic carbocycles. The molecule has 1 atom stereocenters. The molecule has 0 saturated heterocycles. The zero-order chi connectivity index (χ0) is 19.8. The molecule has 0 unspecified atom stereocenters. The van der Waals surface area contributed by atoms with Gasteiger partial charge in [0.1, 0.15) is 0 Å². The van der Waals surface area contributed by atoms with Crippen molar-refractivity contribution in [3.8, 4) is 0 Å². The van der Waals surface area contributed by atoms with Crippen LogP contribution in [-0.4, -0.2) is 44.5 Å². The number of amides is 1. The van der Waals surface area contributed by atoms with Gasteiger partial charge in [-0.3, -0.25) is 4.79 Å². The summed E-state index contributed by atoms with van der Waals surface area (Å²) in [6, 6.07) is 12.4. The molecule has 0 spiro atoms. The van der Waals surface area contributed by atoms with Gasteiger partial charge < -0.3 is 4.90 Å². The Labute approximate surface area is 169 Å². The Bertz CT molecular complexity index is 959. The lowest BCUT2D eigenvalue weighted by Gasteiger charge is -2.22. The maximum atomic E-state index is 12.9. The first kappa shape index (κ1) is 20.2. The molecule has 0 N–H and O–H groups in total. The summed E-state index contributed by atoms with van der Waals surface area (Å²) in [6.45, 7) is 2.44. The summed E-state index contributed by atoms with van der Waals surface area (Å²) < 4.78 is 25.8. The smallest absolute Gasteiger partial charge is 0.242 e. The molecular formula is C19H21ClN2O3S2. The molecule has 0 bridgehead atoms. The topological polar surface area (TPSA) is 57.7 Å². The highest BCUT2D eigenvalue weighted by molar-refractivity contribution is 8.00. The van der Waals surface area contributed by atoms with E-state index in [2.05, 4.69) is 0 Å². The van der Waals surface area contributed by atoms with Crippen molar-refractivity contribution in [2.24, 2.45) is 0 Å². The maximum absolute atomic E-state index is 12.9. The number of carbonyl (C=O) groups is 1.